The lowest BCUT2D eigenvalue weighted by Gasteiger charge is -2.23. The van der Waals surface area contributed by atoms with Gasteiger partial charge in [0.1, 0.15) is 18.8 Å². The van der Waals surface area contributed by atoms with Gasteiger partial charge in [-0.3, -0.25) is 4.79 Å². The summed E-state index contributed by atoms with van der Waals surface area (Å²) in [7, 11) is 0. The summed E-state index contributed by atoms with van der Waals surface area (Å²) in [6.07, 6.45) is -1.23. The van der Waals surface area contributed by atoms with Crippen molar-refractivity contribution in [3.05, 3.63) is 12.2 Å². The maximum absolute atomic E-state index is 11.7. The first-order valence-electron chi connectivity index (χ1n) is 8.28. The van der Waals surface area contributed by atoms with Crippen molar-refractivity contribution in [2.24, 2.45) is 0 Å². The Bertz CT molecular complexity index is 468. The maximum Gasteiger partial charge on any atom is 0.407 e. The normalized spacial score (nSPS) is 10.3. The van der Waals surface area contributed by atoms with E-state index in [9.17, 15) is 19.5 Å². The van der Waals surface area contributed by atoms with Crippen molar-refractivity contribution in [3.8, 4) is 0 Å². The number of hydrogen-bond acceptors (Lipinski definition) is 7. The van der Waals surface area contributed by atoms with Crippen molar-refractivity contribution in [1.82, 2.24) is 5.32 Å². The zero-order valence-electron chi connectivity index (χ0n) is 15.4. The molecule has 216 valence electrons. The van der Waals surface area contributed by atoms with Crippen LogP contribution in [-0.4, -0.2) is 54.6 Å². The van der Waals surface area contributed by atoms with Crippen LogP contribution in [0.5, 0.6) is 0 Å². The van der Waals surface area contributed by atoms with Gasteiger partial charge in [-0.2, -0.15) is 0 Å². The van der Waals surface area contributed by atoms with Gasteiger partial charge in [0.05, 0.1) is 12.6 Å². The molecule has 3 atom stereocenters. The highest BCUT2D eigenvalue weighted by Crippen LogP contribution is 2.14. The lowest BCUT2D eigenvalue weighted by molar-refractivity contribution is -0.149. The van der Waals surface area contributed by atoms with E-state index in [2.05, 4.69) is 11.9 Å². The largest absolute Gasteiger partial charge is 0.462 e. The zero-order chi connectivity index (χ0) is 19.4. The third-order valence-electron chi connectivity index (χ3n) is 3.19. The molecule has 2 N–H and O–H groups in total. The van der Waals surface area contributed by atoms with Gasteiger partial charge in [0.15, 0.2) is 0 Å². The third kappa shape index (κ3) is 34.5. The molecule has 3 unspecified atom stereocenters. The van der Waals surface area contributed by atoms with E-state index in [0.717, 1.165) is 0 Å². The van der Waals surface area contributed by atoms with Gasteiger partial charge < -0.3 is 24.6 Å². The minimum atomic E-state index is -0.670. The summed E-state index contributed by atoms with van der Waals surface area (Å²) in [5.74, 6) is -0.980. The van der Waals surface area contributed by atoms with Gasteiger partial charge in [-0.15, -0.1) is 0 Å². The van der Waals surface area contributed by atoms with Crippen LogP contribution < -0.4 is 5.32 Å². The predicted octanol–water partition coefficient (Wildman–Crippen LogP) is 7.43. The van der Waals surface area contributed by atoms with Crippen molar-refractivity contribution in [2.45, 2.75) is 132 Å². The molecule has 0 aliphatic rings. The van der Waals surface area contributed by atoms with Gasteiger partial charge in [0.25, 0.3) is 0 Å². The lowest BCUT2D eigenvalue weighted by atomic mass is 10.0. The Balaban J connectivity index is -0.0000000800. The molecule has 0 aliphatic heterocycles. The lowest BCUT2D eigenvalue weighted by Crippen LogP contribution is -2.33. The number of aliphatic hydroxyl groups is 1. The van der Waals surface area contributed by atoms with E-state index < -0.39 is 36.3 Å². The Morgan fingerprint density at radius 1 is 0.882 bits per heavy atom. The second-order valence-corrected chi connectivity index (χ2v) is 5.82. The molecule has 0 aromatic heterocycles. The van der Waals surface area contributed by atoms with Gasteiger partial charge in [-0.1, -0.05) is 80.3 Å². The quantitative estimate of drug-likeness (QED) is 0.130. The number of rotatable bonds is 11. The number of ether oxygens (including phenoxy) is 3. The Hall–Kier alpha value is -2.09. The van der Waals surface area contributed by atoms with Crippen LogP contribution in [-0.2, 0) is 23.8 Å². The summed E-state index contributed by atoms with van der Waals surface area (Å²) < 4.78 is 15.1. The molecule has 0 spiro atoms. The fourth-order valence-electron chi connectivity index (χ4n) is 1.96. The molecule has 1 amide bonds. The maximum atomic E-state index is 11.7. The first-order chi connectivity index (χ1) is 11.6. The van der Waals surface area contributed by atoms with Crippen LogP contribution in [0.3, 0.4) is 0 Å². The number of aliphatic hydroxyl groups excluding tert-OH is 1. The minimum absolute atomic E-state index is 0. The second kappa shape index (κ2) is 35.5. The van der Waals surface area contributed by atoms with Crippen LogP contribution in [0.4, 0.5) is 4.79 Å². The number of hydrogen-bond donors (Lipinski definition) is 2. The zero-order valence-corrected chi connectivity index (χ0v) is 15.4. The van der Waals surface area contributed by atoms with Gasteiger partial charge in [-0.05, 0) is 20.3 Å². The number of carbonyl (C=O) groups excluding carboxylic acids is 3. The summed E-state index contributed by atoms with van der Waals surface area (Å²) in [5.41, 5.74) is 0.280. The summed E-state index contributed by atoms with van der Waals surface area (Å²) in [6, 6.07) is 0. The molecule has 0 rings (SSSR count). The van der Waals surface area contributed by atoms with Crippen LogP contribution in [0.2, 0.25) is 0 Å². The molecule has 0 aromatic carbocycles. The number of esters is 2. The highest BCUT2D eigenvalue weighted by molar-refractivity contribution is 5.86. The highest BCUT2D eigenvalue weighted by atomic mass is 16.6. The standard InChI is InChI=1S/C17H29NO7.9CH4/c1-6-14(20)10-15(25-13(5)19)9-12(4)24-17(22)18-7-8-23-16(21)11(2)3;;;;;;;;;/h12,14-15,20H,2,6-10H2,1,3-5H3,(H,18,22);9*1H4. The van der Waals surface area contributed by atoms with Crippen LogP contribution in [0.25, 0.3) is 0 Å². The van der Waals surface area contributed by atoms with Crippen LogP contribution in [0.15, 0.2) is 12.2 Å². The van der Waals surface area contributed by atoms with E-state index in [1.165, 1.54) is 13.8 Å². The molecule has 0 radical (unpaired) electrons. The topological polar surface area (TPSA) is 111 Å². The number of carbonyl (C=O) groups is 3. The van der Waals surface area contributed by atoms with E-state index in [-0.39, 0.29) is 98.4 Å². The van der Waals surface area contributed by atoms with E-state index >= 15 is 0 Å². The first kappa shape index (κ1) is 63.5. The van der Waals surface area contributed by atoms with Crippen molar-refractivity contribution < 1.29 is 33.7 Å². The molecule has 0 bridgehead atoms. The first-order valence-corrected chi connectivity index (χ1v) is 8.28. The molecule has 0 saturated heterocycles. The van der Waals surface area contributed by atoms with E-state index in [1.807, 2.05) is 6.92 Å². The smallest absolute Gasteiger partial charge is 0.407 e. The molecular formula is C26H65NO7. The molecule has 8 nitrogen and oxygen atoms in total. The number of alkyl carbamates (subject to hydrolysis) is 1. The molecule has 0 fully saturated rings. The number of amides is 1. The monoisotopic (exact) mass is 503 g/mol. The molecule has 0 aliphatic carbocycles. The average Bonchev–Trinajstić information content (AvgIpc) is 2.49. The fourth-order valence-corrected chi connectivity index (χ4v) is 1.96. The van der Waals surface area contributed by atoms with Crippen LogP contribution >= 0.6 is 0 Å². The Labute approximate surface area is 214 Å². The summed E-state index contributed by atoms with van der Waals surface area (Å²) in [5, 5.41) is 12.2. The molecule has 0 saturated carbocycles. The average molecular weight is 504 g/mol. The molecule has 0 heterocycles. The van der Waals surface area contributed by atoms with Gasteiger partial charge in [-0.25, -0.2) is 9.59 Å². The van der Waals surface area contributed by atoms with Crippen molar-refractivity contribution in [1.29, 1.82) is 0 Å². The molecule has 8 heteroatoms. The Morgan fingerprint density at radius 3 is 1.74 bits per heavy atom. The predicted molar refractivity (Wildman–Crippen MR) is 151 cm³/mol. The van der Waals surface area contributed by atoms with Gasteiger partial charge in [0, 0.05) is 25.3 Å². The minimum Gasteiger partial charge on any atom is -0.462 e. The fraction of sp³-hybridized carbons (Fsp3) is 0.808. The van der Waals surface area contributed by atoms with Gasteiger partial charge >= 0.3 is 18.0 Å². The third-order valence-corrected chi connectivity index (χ3v) is 3.19. The van der Waals surface area contributed by atoms with Crippen LogP contribution in [0, 0.1) is 0 Å². The number of nitrogens with one attached hydrogen (secondary N) is 1. The van der Waals surface area contributed by atoms with Gasteiger partial charge in [0.2, 0.25) is 0 Å². The van der Waals surface area contributed by atoms with Crippen molar-refractivity contribution in [2.75, 3.05) is 13.2 Å². The summed E-state index contributed by atoms with van der Waals surface area (Å²) in [6.45, 7) is 9.86. The van der Waals surface area contributed by atoms with E-state index in [0.29, 0.717) is 6.42 Å². The Morgan fingerprint density at radius 2 is 1.35 bits per heavy atom. The molecular weight excluding hydrogens is 438 g/mol. The van der Waals surface area contributed by atoms with Crippen molar-refractivity contribution >= 4 is 18.0 Å². The molecule has 0 aromatic rings. The Kier molecular flexibility index (Phi) is 66.3. The van der Waals surface area contributed by atoms with Crippen LogP contribution in [0.1, 0.15) is 114 Å². The van der Waals surface area contributed by atoms with E-state index in [1.54, 1.807) is 6.92 Å². The van der Waals surface area contributed by atoms with Crippen molar-refractivity contribution in [3.63, 3.8) is 0 Å². The molecule has 34 heavy (non-hydrogen) atoms. The summed E-state index contributed by atoms with van der Waals surface area (Å²) in [4.78, 5) is 34.0. The summed E-state index contributed by atoms with van der Waals surface area (Å²) >= 11 is 0. The van der Waals surface area contributed by atoms with E-state index in [4.69, 9.17) is 14.2 Å². The SMILES string of the molecule is C.C.C.C.C.C.C.C.C.C=C(C)C(=O)OCCNC(=O)OC(C)CC(CC(O)CC)OC(C)=O. The highest BCUT2D eigenvalue weighted by Gasteiger charge is 2.21. The second-order valence-electron chi connectivity index (χ2n) is 5.82.